The summed E-state index contributed by atoms with van der Waals surface area (Å²) < 4.78 is 1.20. The molecule has 0 aliphatic heterocycles. The van der Waals surface area contributed by atoms with Crippen molar-refractivity contribution < 1.29 is 0 Å². The Morgan fingerprint density at radius 2 is 1.81 bits per heavy atom. The molecule has 0 aliphatic rings. The molecule has 3 nitrogen and oxygen atoms in total. The highest BCUT2D eigenvalue weighted by Gasteiger charge is 2.10. The maximum atomic E-state index is 3.75. The molecule has 1 aromatic rings. The average molecular weight is 356 g/mol. The van der Waals surface area contributed by atoms with Crippen LogP contribution in [-0.4, -0.2) is 45.2 Å². The number of anilines is 1. The lowest BCUT2D eigenvalue weighted by Crippen LogP contribution is -2.32. The number of rotatable bonds is 10. The molecule has 0 aliphatic carbocycles. The molecule has 1 rings (SSSR count). The van der Waals surface area contributed by atoms with Crippen molar-refractivity contribution in [1.82, 2.24) is 10.2 Å². The smallest absolute Gasteiger partial charge is 0.0511 e. The molecule has 1 aromatic carbocycles. The van der Waals surface area contributed by atoms with Gasteiger partial charge in [-0.2, -0.15) is 0 Å². The minimum absolute atomic E-state index is 0.943. The van der Waals surface area contributed by atoms with Crippen LogP contribution in [0.5, 0.6) is 0 Å². The summed E-state index contributed by atoms with van der Waals surface area (Å²) in [5, 5.41) is 3.45. The van der Waals surface area contributed by atoms with Crippen LogP contribution in [0, 0.1) is 0 Å². The maximum Gasteiger partial charge on any atom is 0.0511 e. The third kappa shape index (κ3) is 6.81. The Morgan fingerprint density at radius 3 is 2.38 bits per heavy atom. The molecule has 0 saturated heterocycles. The average Bonchev–Trinajstić information content (AvgIpc) is 2.44. The van der Waals surface area contributed by atoms with Crippen molar-refractivity contribution >= 4 is 21.6 Å². The van der Waals surface area contributed by atoms with E-state index in [1.807, 2.05) is 0 Å². The van der Waals surface area contributed by atoms with Crippen LogP contribution in [0.1, 0.15) is 32.3 Å². The zero-order valence-corrected chi connectivity index (χ0v) is 15.5. The number of hydrogen-bond donors (Lipinski definition) is 1. The first-order chi connectivity index (χ1) is 10.1. The summed E-state index contributed by atoms with van der Waals surface area (Å²) >= 11 is 3.75. The largest absolute Gasteiger partial charge is 0.369 e. The van der Waals surface area contributed by atoms with E-state index in [9.17, 15) is 0 Å². The molecule has 0 atom stereocenters. The van der Waals surface area contributed by atoms with Crippen LogP contribution in [0.2, 0.25) is 0 Å². The molecule has 21 heavy (non-hydrogen) atoms. The minimum Gasteiger partial charge on any atom is -0.369 e. The van der Waals surface area contributed by atoms with Crippen LogP contribution in [0.4, 0.5) is 5.69 Å². The van der Waals surface area contributed by atoms with Gasteiger partial charge in [-0.05, 0) is 67.1 Å². The van der Waals surface area contributed by atoms with Gasteiger partial charge in [-0.25, -0.2) is 0 Å². The van der Waals surface area contributed by atoms with Gasteiger partial charge in [0.25, 0.3) is 0 Å². The molecular formula is C17H30BrN3. The topological polar surface area (TPSA) is 18.5 Å². The van der Waals surface area contributed by atoms with Crippen LogP contribution in [0.15, 0.2) is 22.7 Å². The van der Waals surface area contributed by atoms with E-state index in [1.54, 1.807) is 0 Å². The molecule has 0 spiro atoms. The van der Waals surface area contributed by atoms with E-state index in [2.05, 4.69) is 77.2 Å². The maximum absolute atomic E-state index is 3.75. The molecule has 0 saturated carbocycles. The number of benzene rings is 1. The van der Waals surface area contributed by atoms with Gasteiger partial charge in [-0.1, -0.05) is 19.9 Å². The first-order valence-corrected chi connectivity index (χ1v) is 8.76. The highest BCUT2D eigenvalue weighted by molar-refractivity contribution is 9.10. The Kier molecular flexibility index (Phi) is 8.97. The van der Waals surface area contributed by atoms with Gasteiger partial charge >= 0.3 is 0 Å². The third-order valence-corrected chi connectivity index (χ3v) is 4.05. The van der Waals surface area contributed by atoms with E-state index in [1.165, 1.54) is 28.6 Å². The molecule has 120 valence electrons. The van der Waals surface area contributed by atoms with E-state index in [0.717, 1.165) is 32.7 Å². The van der Waals surface area contributed by atoms with E-state index >= 15 is 0 Å². The quantitative estimate of drug-likeness (QED) is 0.645. The Labute approximate surface area is 138 Å². The predicted molar refractivity (Wildman–Crippen MR) is 97.2 cm³/mol. The standard InChI is InChI=1S/C17H30BrN3/c1-5-9-19-14-15-7-8-17(16(18)13-15)21(10-6-2)12-11-20(3)4/h7-8,13,19H,5-6,9-12,14H2,1-4H3. The number of likely N-dealkylation sites (N-methyl/N-ethyl adjacent to an activating group) is 1. The molecule has 0 amide bonds. The lowest BCUT2D eigenvalue weighted by atomic mass is 10.2. The van der Waals surface area contributed by atoms with Crippen molar-refractivity contribution in [2.24, 2.45) is 0 Å². The second kappa shape index (κ2) is 10.2. The summed E-state index contributed by atoms with van der Waals surface area (Å²) in [5.41, 5.74) is 2.64. The Hall–Kier alpha value is -0.580. The highest BCUT2D eigenvalue weighted by Crippen LogP contribution is 2.27. The number of nitrogens with one attached hydrogen (secondary N) is 1. The van der Waals surface area contributed by atoms with Crippen molar-refractivity contribution in [1.29, 1.82) is 0 Å². The molecule has 4 heteroatoms. The number of halogens is 1. The van der Waals surface area contributed by atoms with Gasteiger partial charge < -0.3 is 15.1 Å². The lowest BCUT2D eigenvalue weighted by molar-refractivity contribution is 0.413. The van der Waals surface area contributed by atoms with Crippen molar-refractivity contribution in [3.8, 4) is 0 Å². The summed E-state index contributed by atoms with van der Waals surface area (Å²) in [6.07, 6.45) is 2.34. The second-order valence-corrected chi connectivity index (χ2v) is 6.61. The fourth-order valence-corrected chi connectivity index (χ4v) is 2.95. The molecule has 0 fully saturated rings. The number of hydrogen-bond acceptors (Lipinski definition) is 3. The fraction of sp³-hybridized carbons (Fsp3) is 0.647. The first kappa shape index (κ1) is 18.5. The molecular weight excluding hydrogens is 326 g/mol. The predicted octanol–water partition coefficient (Wildman–Crippen LogP) is 3.73. The molecule has 0 aromatic heterocycles. The summed E-state index contributed by atoms with van der Waals surface area (Å²) in [4.78, 5) is 4.70. The highest BCUT2D eigenvalue weighted by atomic mass is 79.9. The molecule has 0 bridgehead atoms. The zero-order valence-electron chi connectivity index (χ0n) is 14.0. The molecule has 0 radical (unpaired) electrons. The van der Waals surface area contributed by atoms with Crippen LogP contribution >= 0.6 is 15.9 Å². The van der Waals surface area contributed by atoms with Gasteiger partial charge in [0.2, 0.25) is 0 Å². The number of nitrogens with zero attached hydrogens (tertiary/aromatic N) is 2. The lowest BCUT2D eigenvalue weighted by Gasteiger charge is -2.27. The van der Waals surface area contributed by atoms with Crippen LogP contribution in [0.3, 0.4) is 0 Å². The van der Waals surface area contributed by atoms with E-state index in [0.29, 0.717) is 0 Å². The first-order valence-electron chi connectivity index (χ1n) is 7.97. The zero-order chi connectivity index (χ0) is 15.7. The van der Waals surface area contributed by atoms with E-state index in [4.69, 9.17) is 0 Å². The van der Waals surface area contributed by atoms with Gasteiger partial charge in [0.05, 0.1) is 5.69 Å². The van der Waals surface area contributed by atoms with Gasteiger partial charge in [-0.15, -0.1) is 0 Å². The summed E-state index contributed by atoms with van der Waals surface area (Å²) in [6, 6.07) is 6.73. The van der Waals surface area contributed by atoms with Crippen molar-refractivity contribution in [3.63, 3.8) is 0 Å². The minimum atomic E-state index is 0.943. The molecule has 0 heterocycles. The molecule has 0 unspecified atom stereocenters. The van der Waals surface area contributed by atoms with Gasteiger partial charge in [0, 0.05) is 30.7 Å². The van der Waals surface area contributed by atoms with Crippen molar-refractivity contribution in [2.45, 2.75) is 33.2 Å². The summed E-state index contributed by atoms with van der Waals surface area (Å²) in [6.45, 7) is 9.68. The summed E-state index contributed by atoms with van der Waals surface area (Å²) in [7, 11) is 4.25. The van der Waals surface area contributed by atoms with Crippen molar-refractivity contribution in [3.05, 3.63) is 28.2 Å². The van der Waals surface area contributed by atoms with Crippen molar-refractivity contribution in [2.75, 3.05) is 45.2 Å². The van der Waals surface area contributed by atoms with E-state index in [-0.39, 0.29) is 0 Å². The Bertz CT molecular complexity index is 407. The van der Waals surface area contributed by atoms with Gasteiger partial charge in [-0.3, -0.25) is 0 Å². The van der Waals surface area contributed by atoms with Crippen LogP contribution < -0.4 is 10.2 Å². The van der Waals surface area contributed by atoms with Crippen LogP contribution in [0.25, 0.3) is 0 Å². The fourth-order valence-electron chi connectivity index (χ4n) is 2.27. The summed E-state index contributed by atoms with van der Waals surface area (Å²) in [5.74, 6) is 0. The normalized spacial score (nSPS) is 11.1. The Morgan fingerprint density at radius 1 is 1.05 bits per heavy atom. The Balaban J connectivity index is 2.74. The monoisotopic (exact) mass is 355 g/mol. The van der Waals surface area contributed by atoms with Gasteiger partial charge in [0.15, 0.2) is 0 Å². The second-order valence-electron chi connectivity index (χ2n) is 5.75. The van der Waals surface area contributed by atoms with Crippen LogP contribution in [-0.2, 0) is 6.54 Å². The molecule has 1 N–H and O–H groups in total. The SMILES string of the molecule is CCCNCc1ccc(N(CCC)CCN(C)C)c(Br)c1. The third-order valence-electron chi connectivity index (χ3n) is 3.42. The van der Waals surface area contributed by atoms with E-state index < -0.39 is 0 Å². The van der Waals surface area contributed by atoms with Gasteiger partial charge in [0.1, 0.15) is 0 Å².